The third kappa shape index (κ3) is 5.22. The van der Waals surface area contributed by atoms with Gasteiger partial charge in [0.1, 0.15) is 29.3 Å². The number of nitrogens with one attached hydrogen (secondary N) is 2. The zero-order valence-electron chi connectivity index (χ0n) is 30.7. The lowest BCUT2D eigenvalue weighted by atomic mass is 10.00. The molecule has 6 heteroatoms. The maximum atomic E-state index is 6.69. The molecule has 0 saturated heterocycles. The summed E-state index contributed by atoms with van der Waals surface area (Å²) >= 11 is 1.84. The molecule has 0 amide bonds. The van der Waals surface area contributed by atoms with E-state index in [0.717, 1.165) is 55.6 Å². The van der Waals surface area contributed by atoms with E-state index < -0.39 is 0 Å². The second kappa shape index (κ2) is 12.8. The van der Waals surface area contributed by atoms with Gasteiger partial charge in [0.15, 0.2) is 0 Å². The van der Waals surface area contributed by atoms with Crippen LogP contribution in [0.15, 0.2) is 191 Å². The molecule has 11 aromatic rings. The van der Waals surface area contributed by atoms with Crippen LogP contribution in [0.4, 0.5) is 0 Å². The zero-order chi connectivity index (χ0) is 37.5. The number of para-hydroxylation sites is 3. The number of hydrogen-bond acceptors (Lipinski definition) is 5. The van der Waals surface area contributed by atoms with E-state index >= 15 is 0 Å². The van der Waals surface area contributed by atoms with Gasteiger partial charge < -0.3 is 14.3 Å². The number of nitrogens with zero attached hydrogens (tertiary/aromatic N) is 2. The van der Waals surface area contributed by atoms with Crippen molar-refractivity contribution in [2.75, 3.05) is 0 Å². The van der Waals surface area contributed by atoms with Crippen molar-refractivity contribution in [3.63, 3.8) is 0 Å². The number of furan rings is 1. The largest absolute Gasteiger partial charge is 0.455 e. The molecular weight excluding hydrogens is 717 g/mol. The molecule has 12 rings (SSSR count). The van der Waals surface area contributed by atoms with Crippen molar-refractivity contribution in [3.05, 3.63) is 199 Å². The minimum absolute atomic E-state index is 0.101. The Labute approximate surface area is 332 Å². The molecule has 0 aliphatic carbocycles. The molecule has 0 fully saturated rings. The first kappa shape index (κ1) is 32.3. The standard InChI is InChI=1S/C51H34N4OS/c1-3-12-31(13-4-1)49-52-50(32-14-5-2-6-15-32)54-51(53-49)34-23-26-45-41(28-34)40-19-11-18-36(48(40)56-45)33-22-25-39-42-30-35(24-27-46(42)57-47(39)29-33)55-43-20-9-7-16-37(43)38-17-8-10-21-44(38)55/h1-30,49,51,53H,(H,52,54). The molecule has 4 heterocycles. The van der Waals surface area contributed by atoms with Gasteiger partial charge in [-0.25, -0.2) is 4.99 Å². The number of amidine groups is 1. The molecular formula is C51H34N4OS. The Morgan fingerprint density at radius 3 is 2.05 bits per heavy atom. The van der Waals surface area contributed by atoms with Crippen molar-refractivity contribution < 1.29 is 4.42 Å². The Bertz CT molecular complexity index is 3320. The lowest BCUT2D eigenvalue weighted by Gasteiger charge is -2.32. The van der Waals surface area contributed by atoms with E-state index in [0.29, 0.717) is 0 Å². The van der Waals surface area contributed by atoms with E-state index in [4.69, 9.17) is 9.41 Å². The third-order valence-corrected chi connectivity index (χ3v) is 12.6. The van der Waals surface area contributed by atoms with Gasteiger partial charge in [0.05, 0.1) is 11.0 Å². The first-order valence-electron chi connectivity index (χ1n) is 19.3. The van der Waals surface area contributed by atoms with Crippen LogP contribution < -0.4 is 10.6 Å². The highest BCUT2D eigenvalue weighted by Gasteiger charge is 2.26. The van der Waals surface area contributed by atoms with Crippen molar-refractivity contribution in [3.8, 4) is 16.8 Å². The van der Waals surface area contributed by atoms with Crippen molar-refractivity contribution in [1.29, 1.82) is 0 Å². The predicted molar refractivity (Wildman–Crippen MR) is 238 cm³/mol. The molecule has 0 saturated carbocycles. The van der Waals surface area contributed by atoms with Crippen LogP contribution in [0.1, 0.15) is 29.0 Å². The van der Waals surface area contributed by atoms with Crippen molar-refractivity contribution in [1.82, 2.24) is 15.2 Å². The summed E-state index contributed by atoms with van der Waals surface area (Å²) in [7, 11) is 0. The highest BCUT2D eigenvalue weighted by atomic mass is 32.1. The molecule has 0 bridgehead atoms. The smallest absolute Gasteiger partial charge is 0.143 e. The Morgan fingerprint density at radius 1 is 0.509 bits per heavy atom. The van der Waals surface area contributed by atoms with Crippen LogP contribution in [0, 0.1) is 0 Å². The lowest BCUT2D eigenvalue weighted by Crippen LogP contribution is -2.44. The van der Waals surface area contributed by atoms with Crippen molar-refractivity contribution in [2.24, 2.45) is 4.99 Å². The van der Waals surface area contributed by atoms with Gasteiger partial charge in [-0.05, 0) is 65.2 Å². The normalized spacial score (nSPS) is 15.9. The summed E-state index contributed by atoms with van der Waals surface area (Å²) in [6.45, 7) is 0. The van der Waals surface area contributed by atoms with Gasteiger partial charge in [-0.1, -0.05) is 133 Å². The lowest BCUT2D eigenvalue weighted by molar-refractivity contribution is 0.409. The van der Waals surface area contributed by atoms with E-state index in [1.807, 2.05) is 23.5 Å². The summed E-state index contributed by atoms with van der Waals surface area (Å²) in [5.74, 6) is 0.868. The fraction of sp³-hybridized carbons (Fsp3) is 0.0392. The molecule has 5 nitrogen and oxygen atoms in total. The van der Waals surface area contributed by atoms with Crippen molar-refractivity contribution in [2.45, 2.75) is 12.3 Å². The van der Waals surface area contributed by atoms with E-state index in [9.17, 15) is 0 Å². The number of benzene rings is 8. The fourth-order valence-corrected chi connectivity index (χ4v) is 9.90. The zero-order valence-corrected chi connectivity index (χ0v) is 31.5. The average molecular weight is 751 g/mol. The fourth-order valence-electron chi connectivity index (χ4n) is 8.78. The van der Waals surface area contributed by atoms with Gasteiger partial charge in [0.2, 0.25) is 0 Å². The quantitative estimate of drug-likeness (QED) is 0.184. The molecule has 2 unspecified atom stereocenters. The predicted octanol–water partition coefficient (Wildman–Crippen LogP) is 13.1. The first-order valence-corrected chi connectivity index (χ1v) is 20.2. The highest BCUT2D eigenvalue weighted by molar-refractivity contribution is 7.25. The number of aromatic nitrogens is 1. The minimum Gasteiger partial charge on any atom is -0.455 e. The van der Waals surface area contributed by atoms with E-state index in [-0.39, 0.29) is 12.3 Å². The highest BCUT2D eigenvalue weighted by Crippen LogP contribution is 2.42. The second-order valence-electron chi connectivity index (χ2n) is 14.8. The number of rotatable bonds is 5. The molecule has 8 aromatic carbocycles. The summed E-state index contributed by atoms with van der Waals surface area (Å²) in [5.41, 5.74) is 10.9. The van der Waals surface area contributed by atoms with Gasteiger partial charge in [-0.3, -0.25) is 5.32 Å². The summed E-state index contributed by atoms with van der Waals surface area (Å²) in [6.07, 6.45) is -0.355. The van der Waals surface area contributed by atoms with E-state index in [2.05, 4.69) is 185 Å². The van der Waals surface area contributed by atoms with Gasteiger partial charge in [0, 0.05) is 58.5 Å². The van der Waals surface area contributed by atoms with Crippen LogP contribution in [-0.4, -0.2) is 10.4 Å². The molecule has 0 radical (unpaired) electrons. The van der Waals surface area contributed by atoms with Crippen LogP contribution in [0.25, 0.3) is 80.7 Å². The SMILES string of the molecule is c1ccc(C2=NC(c3ccc4oc5c(-c6ccc7c(c6)sc6ccc(-n8c9ccccc9c9ccccc98)cc67)cccc5c4c3)NC(c3ccccc3)N2)cc1. The Morgan fingerprint density at radius 2 is 1.25 bits per heavy atom. The molecule has 1 aliphatic rings. The van der Waals surface area contributed by atoms with Gasteiger partial charge in [-0.15, -0.1) is 11.3 Å². The maximum Gasteiger partial charge on any atom is 0.143 e. The Kier molecular flexibility index (Phi) is 7.24. The van der Waals surface area contributed by atoms with Crippen LogP contribution in [-0.2, 0) is 0 Å². The molecule has 3 aromatic heterocycles. The number of aliphatic imine (C=N–C) groups is 1. The van der Waals surface area contributed by atoms with Crippen molar-refractivity contribution >= 4 is 81.1 Å². The summed E-state index contributed by atoms with van der Waals surface area (Å²) in [5, 5.41) is 14.6. The molecule has 57 heavy (non-hydrogen) atoms. The van der Waals surface area contributed by atoms with Gasteiger partial charge >= 0.3 is 0 Å². The van der Waals surface area contributed by atoms with E-state index in [1.165, 1.54) is 47.7 Å². The second-order valence-corrected chi connectivity index (χ2v) is 15.9. The Balaban J connectivity index is 0.934. The molecule has 270 valence electrons. The molecule has 2 atom stereocenters. The first-order chi connectivity index (χ1) is 28.2. The molecule has 0 spiro atoms. The minimum atomic E-state index is -0.255. The number of thiophene rings is 1. The van der Waals surface area contributed by atoms with Gasteiger partial charge in [0.25, 0.3) is 0 Å². The average Bonchev–Trinajstić information content (AvgIpc) is 3.95. The molecule has 2 N–H and O–H groups in total. The monoisotopic (exact) mass is 750 g/mol. The Hall–Kier alpha value is -6.99. The van der Waals surface area contributed by atoms with Crippen LogP contribution in [0.5, 0.6) is 0 Å². The van der Waals surface area contributed by atoms with Crippen LogP contribution >= 0.6 is 11.3 Å². The van der Waals surface area contributed by atoms with Gasteiger partial charge in [-0.2, -0.15) is 0 Å². The summed E-state index contributed by atoms with van der Waals surface area (Å²) < 4.78 is 11.6. The summed E-state index contributed by atoms with van der Waals surface area (Å²) in [4.78, 5) is 5.19. The topological polar surface area (TPSA) is 54.5 Å². The third-order valence-electron chi connectivity index (χ3n) is 11.5. The number of fused-ring (bicyclic) bond motifs is 9. The maximum absolute atomic E-state index is 6.69. The van der Waals surface area contributed by atoms with Crippen LogP contribution in [0.2, 0.25) is 0 Å². The van der Waals surface area contributed by atoms with E-state index in [1.54, 1.807) is 0 Å². The van der Waals surface area contributed by atoms with Crippen LogP contribution in [0.3, 0.4) is 0 Å². The molecule has 1 aliphatic heterocycles. The summed E-state index contributed by atoms with van der Waals surface area (Å²) in [6, 6.07) is 64.9. The number of hydrogen-bond donors (Lipinski definition) is 2.